The molecule has 1 rings (SSSR count). The Morgan fingerprint density at radius 2 is 2.06 bits per heavy atom. The van der Waals surface area contributed by atoms with Crippen molar-refractivity contribution in [2.45, 2.75) is 32.8 Å². The van der Waals surface area contributed by atoms with Crippen molar-refractivity contribution in [1.29, 1.82) is 0 Å². The Kier molecular flexibility index (Phi) is 4.19. The molecule has 0 heterocycles. The molecule has 0 spiro atoms. The fraction of sp³-hybridized carbons (Fsp3) is 0.385. The lowest BCUT2D eigenvalue weighted by molar-refractivity contribution is 0.167. The Morgan fingerprint density at radius 1 is 1.44 bits per heavy atom. The number of rotatable bonds is 4. The van der Waals surface area contributed by atoms with Crippen LogP contribution in [-0.2, 0) is 0 Å². The minimum absolute atomic E-state index is 0.188. The van der Waals surface area contributed by atoms with Crippen LogP contribution in [-0.4, -0.2) is 5.11 Å². The standard InChI is InChI=1S/C13H16F2O/c1-4-8(2)7-11(16)12-10(14)6-5-9(3)13(12)15/h5-6,11,16H,2,4,7H2,1,3H3. The van der Waals surface area contributed by atoms with Crippen molar-refractivity contribution in [3.05, 3.63) is 47.0 Å². The Labute approximate surface area is 94.4 Å². The minimum Gasteiger partial charge on any atom is -0.388 e. The lowest BCUT2D eigenvalue weighted by Crippen LogP contribution is -2.06. The van der Waals surface area contributed by atoms with Crippen molar-refractivity contribution in [3.8, 4) is 0 Å². The molecule has 0 fully saturated rings. The topological polar surface area (TPSA) is 20.2 Å². The first-order chi connectivity index (χ1) is 7.47. The van der Waals surface area contributed by atoms with Crippen LogP contribution in [0.3, 0.4) is 0 Å². The second-order valence-electron chi connectivity index (χ2n) is 3.92. The quantitative estimate of drug-likeness (QED) is 0.777. The van der Waals surface area contributed by atoms with Gasteiger partial charge in [-0.25, -0.2) is 8.78 Å². The van der Waals surface area contributed by atoms with Gasteiger partial charge < -0.3 is 5.11 Å². The minimum atomic E-state index is -1.16. The fourth-order valence-electron chi connectivity index (χ4n) is 1.50. The van der Waals surface area contributed by atoms with E-state index in [-0.39, 0.29) is 12.0 Å². The molecule has 0 saturated carbocycles. The van der Waals surface area contributed by atoms with Gasteiger partial charge >= 0.3 is 0 Å². The number of aryl methyl sites for hydroxylation is 1. The molecule has 0 amide bonds. The van der Waals surface area contributed by atoms with Gasteiger partial charge in [-0.3, -0.25) is 0 Å². The molecule has 1 unspecified atom stereocenters. The van der Waals surface area contributed by atoms with Crippen LogP contribution >= 0.6 is 0 Å². The summed E-state index contributed by atoms with van der Waals surface area (Å²) in [5.74, 6) is -1.38. The van der Waals surface area contributed by atoms with Gasteiger partial charge in [0.1, 0.15) is 11.6 Å². The third-order valence-corrected chi connectivity index (χ3v) is 2.63. The van der Waals surface area contributed by atoms with Gasteiger partial charge in [0.25, 0.3) is 0 Å². The molecule has 0 bridgehead atoms. The van der Waals surface area contributed by atoms with Crippen LogP contribution in [0.5, 0.6) is 0 Å². The zero-order valence-electron chi connectivity index (χ0n) is 9.56. The summed E-state index contributed by atoms with van der Waals surface area (Å²) in [5.41, 5.74) is 0.847. The van der Waals surface area contributed by atoms with E-state index in [9.17, 15) is 13.9 Å². The Balaban J connectivity index is 3.03. The van der Waals surface area contributed by atoms with Gasteiger partial charge in [-0.05, 0) is 31.4 Å². The van der Waals surface area contributed by atoms with Crippen molar-refractivity contribution < 1.29 is 13.9 Å². The van der Waals surface area contributed by atoms with Gasteiger partial charge in [-0.2, -0.15) is 0 Å². The van der Waals surface area contributed by atoms with E-state index < -0.39 is 17.7 Å². The molecule has 1 aromatic carbocycles. The molecule has 3 heteroatoms. The first-order valence-corrected chi connectivity index (χ1v) is 5.26. The predicted octanol–water partition coefficient (Wildman–Crippen LogP) is 3.66. The van der Waals surface area contributed by atoms with Crippen LogP contribution in [0.1, 0.15) is 37.0 Å². The number of halogens is 2. The first-order valence-electron chi connectivity index (χ1n) is 5.26. The summed E-state index contributed by atoms with van der Waals surface area (Å²) in [6.45, 7) is 7.14. The maximum absolute atomic E-state index is 13.6. The third kappa shape index (κ3) is 2.67. The van der Waals surface area contributed by atoms with Gasteiger partial charge in [-0.1, -0.05) is 25.1 Å². The number of hydrogen-bond donors (Lipinski definition) is 1. The Bertz CT molecular complexity index is 399. The number of benzene rings is 1. The van der Waals surface area contributed by atoms with Gasteiger partial charge in [0.05, 0.1) is 11.7 Å². The van der Waals surface area contributed by atoms with E-state index in [0.717, 1.165) is 5.57 Å². The van der Waals surface area contributed by atoms with E-state index in [1.165, 1.54) is 12.1 Å². The molecular formula is C13H16F2O. The molecule has 0 aliphatic rings. The van der Waals surface area contributed by atoms with Crippen LogP contribution in [0.4, 0.5) is 8.78 Å². The van der Waals surface area contributed by atoms with Crippen molar-refractivity contribution >= 4 is 0 Å². The number of hydrogen-bond acceptors (Lipinski definition) is 1. The summed E-state index contributed by atoms with van der Waals surface area (Å²) in [7, 11) is 0. The summed E-state index contributed by atoms with van der Waals surface area (Å²) in [6.07, 6.45) is -0.285. The van der Waals surface area contributed by atoms with Gasteiger partial charge in [0.15, 0.2) is 0 Å². The number of aliphatic hydroxyl groups excluding tert-OH is 1. The monoisotopic (exact) mass is 226 g/mol. The number of aliphatic hydroxyl groups is 1. The lowest BCUT2D eigenvalue weighted by atomic mass is 9.98. The fourth-order valence-corrected chi connectivity index (χ4v) is 1.50. The largest absolute Gasteiger partial charge is 0.388 e. The van der Waals surface area contributed by atoms with E-state index in [1.807, 2.05) is 6.92 Å². The van der Waals surface area contributed by atoms with Crippen molar-refractivity contribution in [2.75, 3.05) is 0 Å². The van der Waals surface area contributed by atoms with Gasteiger partial charge in [0.2, 0.25) is 0 Å². The summed E-state index contributed by atoms with van der Waals surface area (Å²) in [5, 5.41) is 9.77. The van der Waals surface area contributed by atoms with Crippen LogP contribution in [0, 0.1) is 18.6 Å². The molecule has 0 saturated heterocycles. The van der Waals surface area contributed by atoms with Crippen molar-refractivity contribution in [2.24, 2.45) is 0 Å². The Hall–Kier alpha value is -1.22. The second kappa shape index (κ2) is 5.21. The van der Waals surface area contributed by atoms with E-state index in [1.54, 1.807) is 6.92 Å². The second-order valence-corrected chi connectivity index (χ2v) is 3.92. The van der Waals surface area contributed by atoms with E-state index in [2.05, 4.69) is 6.58 Å². The summed E-state index contributed by atoms with van der Waals surface area (Å²) >= 11 is 0. The normalized spacial score (nSPS) is 12.6. The van der Waals surface area contributed by atoms with E-state index in [4.69, 9.17) is 0 Å². The van der Waals surface area contributed by atoms with Gasteiger partial charge in [-0.15, -0.1) is 0 Å². The summed E-state index contributed by atoms with van der Waals surface area (Å²) in [4.78, 5) is 0. The van der Waals surface area contributed by atoms with Crippen LogP contribution in [0.15, 0.2) is 24.3 Å². The molecule has 16 heavy (non-hydrogen) atoms. The Morgan fingerprint density at radius 3 is 2.62 bits per heavy atom. The highest BCUT2D eigenvalue weighted by molar-refractivity contribution is 5.29. The van der Waals surface area contributed by atoms with Gasteiger partial charge in [0, 0.05) is 0 Å². The molecule has 1 aromatic rings. The van der Waals surface area contributed by atoms with Crippen molar-refractivity contribution in [3.63, 3.8) is 0 Å². The van der Waals surface area contributed by atoms with Crippen molar-refractivity contribution in [1.82, 2.24) is 0 Å². The average Bonchev–Trinajstić information content (AvgIpc) is 2.24. The first kappa shape index (κ1) is 12.8. The third-order valence-electron chi connectivity index (χ3n) is 2.63. The molecular weight excluding hydrogens is 210 g/mol. The van der Waals surface area contributed by atoms with E-state index in [0.29, 0.717) is 12.0 Å². The molecule has 1 N–H and O–H groups in total. The molecule has 0 aliphatic heterocycles. The highest BCUT2D eigenvalue weighted by atomic mass is 19.1. The molecule has 0 aromatic heterocycles. The molecule has 88 valence electrons. The zero-order valence-corrected chi connectivity index (χ0v) is 9.56. The molecule has 0 aliphatic carbocycles. The zero-order chi connectivity index (χ0) is 12.3. The van der Waals surface area contributed by atoms with Crippen LogP contribution in [0.25, 0.3) is 0 Å². The summed E-state index contributed by atoms with van der Waals surface area (Å²) in [6, 6.07) is 2.53. The van der Waals surface area contributed by atoms with Crippen LogP contribution in [0.2, 0.25) is 0 Å². The maximum atomic E-state index is 13.6. The molecule has 0 radical (unpaired) electrons. The molecule has 1 atom stereocenters. The lowest BCUT2D eigenvalue weighted by Gasteiger charge is -2.14. The highest BCUT2D eigenvalue weighted by Gasteiger charge is 2.19. The highest BCUT2D eigenvalue weighted by Crippen LogP contribution is 2.27. The van der Waals surface area contributed by atoms with Crippen LogP contribution < -0.4 is 0 Å². The predicted molar refractivity (Wildman–Crippen MR) is 60.1 cm³/mol. The summed E-state index contributed by atoms with van der Waals surface area (Å²) < 4.78 is 27.0. The average molecular weight is 226 g/mol. The smallest absolute Gasteiger partial charge is 0.134 e. The van der Waals surface area contributed by atoms with E-state index >= 15 is 0 Å². The molecule has 1 nitrogen and oxygen atoms in total. The SMILES string of the molecule is C=C(CC)CC(O)c1c(F)ccc(C)c1F. The maximum Gasteiger partial charge on any atom is 0.134 e.